The Balaban J connectivity index is 1.30. The Morgan fingerprint density at radius 3 is 2.31 bits per heavy atom. The lowest BCUT2D eigenvalue weighted by molar-refractivity contribution is -0.151. The highest BCUT2D eigenvalue weighted by molar-refractivity contribution is 6.00. The predicted molar refractivity (Wildman–Crippen MR) is 138 cm³/mol. The Morgan fingerprint density at radius 2 is 1.58 bits per heavy atom. The zero-order valence-electron chi connectivity index (χ0n) is 21.0. The number of nitrogens with zero attached hydrogens (tertiary/aromatic N) is 1. The molecule has 1 N–H and O–H groups in total. The number of benzene rings is 3. The molecule has 36 heavy (non-hydrogen) atoms. The van der Waals surface area contributed by atoms with Crippen LogP contribution in [0.5, 0.6) is 11.5 Å². The number of hydrogen-bond donors (Lipinski definition) is 1. The van der Waals surface area contributed by atoms with Gasteiger partial charge in [-0.15, -0.1) is 0 Å². The quantitative estimate of drug-likeness (QED) is 0.461. The fraction of sp³-hybridized carbons (Fsp3) is 0.276. The van der Waals surface area contributed by atoms with Crippen LogP contribution in [-0.2, 0) is 19.1 Å². The van der Waals surface area contributed by atoms with E-state index in [0.717, 1.165) is 22.4 Å². The fourth-order valence-electron chi connectivity index (χ4n) is 4.03. The van der Waals surface area contributed by atoms with Gasteiger partial charge in [0.25, 0.3) is 5.91 Å². The molecule has 0 radical (unpaired) electrons. The summed E-state index contributed by atoms with van der Waals surface area (Å²) in [5.74, 6) is -0.377. The van der Waals surface area contributed by atoms with Crippen molar-refractivity contribution in [1.29, 1.82) is 0 Å². The summed E-state index contributed by atoms with van der Waals surface area (Å²) >= 11 is 0. The van der Waals surface area contributed by atoms with Crippen LogP contribution in [-0.4, -0.2) is 30.9 Å². The molecule has 0 unspecified atom stereocenters. The zero-order chi connectivity index (χ0) is 25.8. The molecule has 0 saturated carbocycles. The van der Waals surface area contributed by atoms with E-state index in [9.17, 15) is 14.4 Å². The van der Waals surface area contributed by atoms with Crippen LogP contribution < -0.4 is 15.0 Å². The fourth-order valence-corrected chi connectivity index (χ4v) is 4.03. The number of carbonyl (C=O) groups is 3. The highest BCUT2D eigenvalue weighted by atomic mass is 16.5. The first-order chi connectivity index (χ1) is 17.2. The Bertz CT molecular complexity index is 1300. The predicted octanol–water partition coefficient (Wildman–Crippen LogP) is 5.25. The van der Waals surface area contributed by atoms with Crippen LogP contribution in [0.2, 0.25) is 0 Å². The minimum atomic E-state index is -0.627. The van der Waals surface area contributed by atoms with Crippen molar-refractivity contribution in [2.45, 2.75) is 34.1 Å². The number of amides is 2. The third-order valence-electron chi connectivity index (χ3n) is 6.33. The van der Waals surface area contributed by atoms with Crippen molar-refractivity contribution >= 4 is 29.2 Å². The van der Waals surface area contributed by atoms with Gasteiger partial charge in [-0.05, 0) is 92.4 Å². The first-order valence-electron chi connectivity index (χ1n) is 11.9. The van der Waals surface area contributed by atoms with Crippen LogP contribution in [0.4, 0.5) is 11.4 Å². The molecule has 1 aliphatic heterocycles. The average Bonchev–Trinajstić information content (AvgIpc) is 3.24. The smallest absolute Gasteiger partial charge is 0.311 e. The molecule has 0 spiro atoms. The van der Waals surface area contributed by atoms with Crippen LogP contribution in [0, 0.1) is 33.6 Å². The van der Waals surface area contributed by atoms with Crippen LogP contribution in [0.3, 0.4) is 0 Å². The molecular weight excluding hydrogens is 456 g/mol. The van der Waals surface area contributed by atoms with Gasteiger partial charge >= 0.3 is 5.97 Å². The maximum atomic E-state index is 12.6. The lowest BCUT2D eigenvalue weighted by atomic mass is 10.1. The molecule has 1 saturated heterocycles. The van der Waals surface area contributed by atoms with Crippen molar-refractivity contribution < 1.29 is 23.9 Å². The molecule has 0 aliphatic carbocycles. The summed E-state index contributed by atoms with van der Waals surface area (Å²) in [5, 5.41) is 2.76. The van der Waals surface area contributed by atoms with Gasteiger partial charge < -0.3 is 19.7 Å². The van der Waals surface area contributed by atoms with Crippen molar-refractivity contribution in [2.24, 2.45) is 5.92 Å². The summed E-state index contributed by atoms with van der Waals surface area (Å²) in [6.45, 7) is 7.70. The number of nitrogens with one attached hydrogen (secondary N) is 1. The number of hydrogen-bond acceptors (Lipinski definition) is 5. The summed E-state index contributed by atoms with van der Waals surface area (Å²) in [6.07, 6.45) is 0.0400. The summed E-state index contributed by atoms with van der Waals surface area (Å²) < 4.78 is 11.1. The summed E-state index contributed by atoms with van der Waals surface area (Å²) in [5.41, 5.74) is 5.64. The lowest BCUT2D eigenvalue weighted by Gasteiger charge is -2.17. The third-order valence-corrected chi connectivity index (χ3v) is 6.33. The summed E-state index contributed by atoms with van der Waals surface area (Å²) in [7, 11) is 0. The maximum absolute atomic E-state index is 12.6. The van der Waals surface area contributed by atoms with E-state index in [2.05, 4.69) is 5.32 Å². The number of carbonyl (C=O) groups excluding carboxylic acids is 3. The van der Waals surface area contributed by atoms with Gasteiger partial charge in [0.15, 0.2) is 6.61 Å². The molecule has 1 atom stereocenters. The van der Waals surface area contributed by atoms with Gasteiger partial charge in [0.05, 0.1) is 5.92 Å². The van der Waals surface area contributed by atoms with E-state index in [4.69, 9.17) is 9.47 Å². The molecule has 186 valence electrons. The molecule has 4 rings (SSSR count). The largest absolute Gasteiger partial charge is 0.457 e. The van der Waals surface area contributed by atoms with Gasteiger partial charge in [0, 0.05) is 24.3 Å². The van der Waals surface area contributed by atoms with Gasteiger partial charge in [-0.25, -0.2) is 0 Å². The van der Waals surface area contributed by atoms with E-state index < -0.39 is 24.4 Å². The third kappa shape index (κ3) is 5.92. The number of anilines is 2. The molecule has 1 aliphatic rings. The highest BCUT2D eigenvalue weighted by Crippen LogP contribution is 2.30. The number of esters is 1. The van der Waals surface area contributed by atoms with Crippen molar-refractivity contribution in [3.63, 3.8) is 0 Å². The maximum Gasteiger partial charge on any atom is 0.311 e. The van der Waals surface area contributed by atoms with Gasteiger partial charge in [0.2, 0.25) is 5.91 Å². The highest BCUT2D eigenvalue weighted by Gasteiger charge is 2.36. The summed E-state index contributed by atoms with van der Waals surface area (Å²) in [4.78, 5) is 39.0. The molecule has 2 amide bonds. The average molecular weight is 487 g/mol. The first-order valence-corrected chi connectivity index (χ1v) is 11.9. The van der Waals surface area contributed by atoms with Gasteiger partial charge in [0.1, 0.15) is 11.5 Å². The van der Waals surface area contributed by atoms with Gasteiger partial charge in [-0.2, -0.15) is 0 Å². The molecule has 0 aromatic heterocycles. The molecule has 1 heterocycles. The van der Waals surface area contributed by atoms with Crippen molar-refractivity contribution in [1.82, 2.24) is 0 Å². The van der Waals surface area contributed by atoms with Crippen LogP contribution in [0.25, 0.3) is 0 Å². The number of aryl methyl sites for hydroxylation is 4. The van der Waals surface area contributed by atoms with Crippen LogP contribution in [0.15, 0.2) is 60.7 Å². The van der Waals surface area contributed by atoms with E-state index >= 15 is 0 Å². The van der Waals surface area contributed by atoms with E-state index in [1.54, 1.807) is 29.2 Å². The molecule has 0 bridgehead atoms. The Kier molecular flexibility index (Phi) is 7.38. The van der Waals surface area contributed by atoms with E-state index in [1.165, 1.54) is 5.56 Å². The van der Waals surface area contributed by atoms with E-state index in [1.807, 2.05) is 64.1 Å². The van der Waals surface area contributed by atoms with Crippen LogP contribution >= 0.6 is 0 Å². The number of ether oxygens (including phenoxy) is 2. The van der Waals surface area contributed by atoms with Crippen LogP contribution in [0.1, 0.15) is 28.7 Å². The minimum absolute atomic E-state index is 0.0400. The first kappa shape index (κ1) is 25.0. The molecular formula is C29H30N2O5. The second kappa shape index (κ2) is 10.6. The zero-order valence-corrected chi connectivity index (χ0v) is 21.0. The summed E-state index contributed by atoms with van der Waals surface area (Å²) in [6, 6.07) is 18.8. The topological polar surface area (TPSA) is 84.9 Å². The minimum Gasteiger partial charge on any atom is -0.457 e. The van der Waals surface area contributed by atoms with Crippen molar-refractivity contribution in [3.05, 3.63) is 82.9 Å². The molecule has 3 aromatic carbocycles. The Labute approximate surface area is 211 Å². The molecule has 7 heteroatoms. The van der Waals surface area contributed by atoms with Gasteiger partial charge in [-0.1, -0.05) is 18.2 Å². The second-order valence-corrected chi connectivity index (χ2v) is 9.22. The standard InChI is InChI=1S/C29H30N2O5/c1-18-5-6-20(3)26(13-18)30-27(32)17-35-29(34)22-15-28(33)31(16-22)23-8-11-24(12-9-23)36-25-10-7-19(2)21(4)14-25/h5-14,22H,15-17H2,1-4H3,(H,30,32)/t22-/m1/s1. The monoisotopic (exact) mass is 486 g/mol. The van der Waals surface area contributed by atoms with E-state index in [-0.39, 0.29) is 18.9 Å². The van der Waals surface area contributed by atoms with Crippen molar-refractivity contribution in [2.75, 3.05) is 23.4 Å². The molecule has 7 nitrogen and oxygen atoms in total. The molecule has 3 aromatic rings. The Hall–Kier alpha value is -4.13. The number of rotatable bonds is 7. The van der Waals surface area contributed by atoms with Crippen molar-refractivity contribution in [3.8, 4) is 11.5 Å². The van der Waals surface area contributed by atoms with Gasteiger partial charge in [-0.3, -0.25) is 14.4 Å². The molecule has 1 fully saturated rings. The van der Waals surface area contributed by atoms with E-state index in [0.29, 0.717) is 17.1 Å². The Morgan fingerprint density at radius 1 is 0.889 bits per heavy atom. The lowest BCUT2D eigenvalue weighted by Crippen LogP contribution is -2.28. The second-order valence-electron chi connectivity index (χ2n) is 9.22. The normalized spacial score (nSPS) is 15.1. The SMILES string of the molecule is Cc1ccc(C)c(NC(=O)COC(=O)[C@@H]2CC(=O)N(c3ccc(Oc4ccc(C)c(C)c4)cc3)C2)c1.